The fourth-order valence-corrected chi connectivity index (χ4v) is 4.88. The first-order valence-electron chi connectivity index (χ1n) is 10.3. The topological polar surface area (TPSA) is 71.2 Å². The summed E-state index contributed by atoms with van der Waals surface area (Å²) in [5.41, 5.74) is 5.98. The fourth-order valence-electron chi connectivity index (χ4n) is 3.47. The van der Waals surface area contributed by atoms with E-state index in [0.717, 1.165) is 28.8 Å². The number of hydrogen-bond donors (Lipinski definition) is 1. The summed E-state index contributed by atoms with van der Waals surface area (Å²) >= 11 is 1.21. The summed E-state index contributed by atoms with van der Waals surface area (Å²) in [7, 11) is 1.51. The van der Waals surface area contributed by atoms with E-state index in [1.54, 1.807) is 0 Å². The Morgan fingerprint density at radius 1 is 1.22 bits per heavy atom. The molecule has 0 bridgehead atoms. The zero-order chi connectivity index (χ0) is 23.5. The monoisotopic (exact) mass is 462 g/mol. The number of nitrogens with two attached hydrogens (primary N) is 1. The molecule has 0 aromatic heterocycles. The number of carbonyl (C=O) groups excluding carboxylic acids is 1. The highest BCUT2D eigenvalue weighted by Crippen LogP contribution is 2.51. The maximum atomic E-state index is 14.6. The van der Waals surface area contributed by atoms with E-state index >= 15 is 0 Å². The first kappa shape index (κ1) is 24.2. The molecule has 1 unspecified atom stereocenters. The zero-order valence-corrected chi connectivity index (χ0v) is 19.5. The van der Waals surface area contributed by atoms with E-state index in [-0.39, 0.29) is 10.6 Å². The molecule has 2 amide bonds. The van der Waals surface area contributed by atoms with Crippen molar-refractivity contribution in [3.8, 4) is 0 Å². The van der Waals surface area contributed by atoms with Gasteiger partial charge < -0.3 is 5.73 Å². The molecule has 0 fully saturated rings. The van der Waals surface area contributed by atoms with E-state index < -0.39 is 28.1 Å². The summed E-state index contributed by atoms with van der Waals surface area (Å²) in [5, 5.41) is 7.12. The smallest absolute Gasteiger partial charge is 0.330 e. The van der Waals surface area contributed by atoms with Crippen LogP contribution in [0.25, 0.3) is 0 Å². The largest absolute Gasteiger partial charge is 0.365 e. The number of rotatable bonds is 6. The number of thioether (sulfide) groups is 1. The Bertz CT molecular complexity index is 997. The molecular formula is C23H28F2N4O2S. The molecule has 1 atom stereocenters. The summed E-state index contributed by atoms with van der Waals surface area (Å²) in [6.07, 6.45) is 1.04. The number of hydrogen-bond acceptors (Lipinski definition) is 5. The van der Waals surface area contributed by atoms with Crippen molar-refractivity contribution < 1.29 is 18.4 Å². The van der Waals surface area contributed by atoms with Crippen LogP contribution in [0.1, 0.15) is 44.7 Å². The number of urea groups is 1. The fraction of sp³-hybridized carbons (Fsp3) is 0.391. The Morgan fingerprint density at radius 2 is 1.91 bits per heavy atom. The minimum Gasteiger partial charge on any atom is -0.330 e. The Kier molecular flexibility index (Phi) is 7.22. The number of nitrogens with zero attached hydrogens (tertiary/aromatic N) is 3. The number of halogens is 2. The lowest BCUT2D eigenvalue weighted by atomic mass is 10.0. The zero-order valence-electron chi connectivity index (χ0n) is 18.6. The highest BCUT2D eigenvalue weighted by Gasteiger charge is 2.50. The summed E-state index contributed by atoms with van der Waals surface area (Å²) in [6.45, 7) is 5.87. The molecule has 1 aliphatic rings. The molecule has 1 heterocycles. The minimum atomic E-state index is -0.999. The van der Waals surface area contributed by atoms with Gasteiger partial charge >= 0.3 is 6.03 Å². The first-order valence-corrected chi connectivity index (χ1v) is 11.1. The Balaban J connectivity index is 2.13. The summed E-state index contributed by atoms with van der Waals surface area (Å²) in [5.74, 6) is -1.21. The molecule has 2 aromatic rings. The molecular weight excluding hydrogens is 434 g/mol. The minimum absolute atomic E-state index is 0.00209. The first-order chi connectivity index (χ1) is 15.1. The summed E-state index contributed by atoms with van der Waals surface area (Å²) in [4.78, 5) is 18.2. The van der Waals surface area contributed by atoms with Crippen LogP contribution in [0.5, 0.6) is 0 Å². The van der Waals surface area contributed by atoms with Crippen molar-refractivity contribution in [1.29, 1.82) is 0 Å². The number of carbonyl (C=O) groups is 1. The highest BCUT2D eigenvalue weighted by molar-refractivity contribution is 8.15. The van der Waals surface area contributed by atoms with Gasteiger partial charge in [-0.25, -0.2) is 18.6 Å². The molecule has 0 saturated heterocycles. The van der Waals surface area contributed by atoms with Gasteiger partial charge in [-0.2, -0.15) is 10.1 Å². The second-order valence-corrected chi connectivity index (χ2v) is 9.74. The molecule has 2 aromatic carbocycles. The number of benzene rings is 2. The third-order valence-electron chi connectivity index (χ3n) is 4.76. The van der Waals surface area contributed by atoms with Gasteiger partial charge in [0.25, 0.3) is 0 Å². The van der Waals surface area contributed by atoms with E-state index in [2.05, 4.69) is 5.10 Å². The molecule has 0 saturated carbocycles. The van der Waals surface area contributed by atoms with Gasteiger partial charge in [-0.15, -0.1) is 0 Å². The van der Waals surface area contributed by atoms with Gasteiger partial charge in [0.1, 0.15) is 21.5 Å². The molecule has 9 heteroatoms. The van der Waals surface area contributed by atoms with Gasteiger partial charge in [0, 0.05) is 12.6 Å². The lowest BCUT2D eigenvalue weighted by molar-refractivity contribution is -0.186. The Morgan fingerprint density at radius 3 is 2.53 bits per heavy atom. The second-order valence-electron chi connectivity index (χ2n) is 8.47. The van der Waals surface area contributed by atoms with Crippen molar-refractivity contribution in [3.05, 3.63) is 71.3 Å². The Hall–Kier alpha value is -2.49. The van der Waals surface area contributed by atoms with Gasteiger partial charge in [-0.05, 0) is 63.9 Å². The Labute approximate surface area is 191 Å². The van der Waals surface area contributed by atoms with Gasteiger partial charge in [-0.3, -0.25) is 4.84 Å². The molecule has 3 rings (SSSR count). The molecule has 32 heavy (non-hydrogen) atoms. The standard InChI is InChI=1S/C23H28F2N4O2S/c1-22(2,3)31-28(4)21(30)29-23(13-8-14-26,16-9-6-5-7-10-16)32-20(27-29)18-15-17(24)11-12-19(18)25/h5-7,9-12,15H,8,13-14,26H2,1-4H3. The van der Waals surface area contributed by atoms with Crippen molar-refractivity contribution in [2.75, 3.05) is 13.6 Å². The van der Waals surface area contributed by atoms with Crippen molar-refractivity contribution in [1.82, 2.24) is 10.1 Å². The SMILES string of the molecule is CN(OC(C)(C)C)C(=O)N1N=C(c2cc(F)ccc2F)SC1(CCCN)c1ccccc1. The van der Waals surface area contributed by atoms with Crippen molar-refractivity contribution >= 4 is 22.8 Å². The van der Waals surface area contributed by atoms with Gasteiger partial charge in [0.05, 0.1) is 5.60 Å². The van der Waals surface area contributed by atoms with Crippen LogP contribution in [0.3, 0.4) is 0 Å². The second kappa shape index (κ2) is 9.56. The highest BCUT2D eigenvalue weighted by atomic mass is 32.2. The van der Waals surface area contributed by atoms with Crippen LogP contribution in [0, 0.1) is 11.6 Å². The lowest BCUT2D eigenvalue weighted by Crippen LogP contribution is -2.49. The van der Waals surface area contributed by atoms with Crippen LogP contribution in [0.2, 0.25) is 0 Å². The molecule has 1 aliphatic heterocycles. The van der Waals surface area contributed by atoms with Crippen LogP contribution in [-0.2, 0) is 9.71 Å². The van der Waals surface area contributed by atoms with Crippen molar-refractivity contribution in [2.24, 2.45) is 10.8 Å². The van der Waals surface area contributed by atoms with Crippen molar-refractivity contribution in [2.45, 2.75) is 44.1 Å². The van der Waals surface area contributed by atoms with Crippen LogP contribution in [-0.4, -0.2) is 40.3 Å². The molecule has 0 radical (unpaired) electrons. The molecule has 0 spiro atoms. The van der Waals surface area contributed by atoms with E-state index in [1.807, 2.05) is 51.1 Å². The quantitative estimate of drug-likeness (QED) is 0.610. The molecule has 6 nitrogen and oxygen atoms in total. The van der Waals surface area contributed by atoms with Crippen LogP contribution >= 0.6 is 11.8 Å². The molecule has 2 N–H and O–H groups in total. The van der Waals surface area contributed by atoms with E-state index in [1.165, 1.54) is 23.8 Å². The van der Waals surface area contributed by atoms with Crippen LogP contribution in [0.4, 0.5) is 13.6 Å². The van der Waals surface area contributed by atoms with Gasteiger partial charge in [0.15, 0.2) is 0 Å². The van der Waals surface area contributed by atoms with Gasteiger partial charge in [0.2, 0.25) is 0 Å². The maximum Gasteiger partial charge on any atom is 0.365 e. The predicted octanol–water partition coefficient (Wildman–Crippen LogP) is 5.05. The summed E-state index contributed by atoms with van der Waals surface area (Å²) in [6, 6.07) is 12.0. The van der Waals surface area contributed by atoms with Gasteiger partial charge in [-0.1, -0.05) is 42.1 Å². The average molecular weight is 463 g/mol. The molecule has 0 aliphatic carbocycles. The third-order valence-corrected chi connectivity index (χ3v) is 6.21. The van der Waals surface area contributed by atoms with Crippen LogP contribution in [0.15, 0.2) is 53.6 Å². The predicted molar refractivity (Wildman–Crippen MR) is 123 cm³/mol. The maximum absolute atomic E-state index is 14.6. The van der Waals surface area contributed by atoms with E-state index in [0.29, 0.717) is 19.4 Å². The normalized spacial score (nSPS) is 18.6. The number of amides is 2. The van der Waals surface area contributed by atoms with E-state index in [4.69, 9.17) is 10.6 Å². The van der Waals surface area contributed by atoms with Crippen LogP contribution < -0.4 is 5.73 Å². The lowest BCUT2D eigenvalue weighted by Gasteiger charge is -2.38. The number of hydroxylamine groups is 2. The molecule has 172 valence electrons. The third kappa shape index (κ3) is 5.11. The van der Waals surface area contributed by atoms with E-state index in [9.17, 15) is 13.6 Å². The number of hydrazone groups is 1. The summed E-state index contributed by atoms with van der Waals surface area (Å²) < 4.78 is 28.5. The average Bonchev–Trinajstić information content (AvgIpc) is 3.13. The van der Waals surface area contributed by atoms with Crippen molar-refractivity contribution in [3.63, 3.8) is 0 Å².